The predicted molar refractivity (Wildman–Crippen MR) is 118 cm³/mol. The first-order valence-corrected chi connectivity index (χ1v) is 10.2. The van der Waals surface area contributed by atoms with Gasteiger partial charge < -0.3 is 15.0 Å². The van der Waals surface area contributed by atoms with Crippen LogP contribution in [0.4, 0.5) is 5.69 Å². The van der Waals surface area contributed by atoms with E-state index in [0.717, 1.165) is 15.9 Å². The second-order valence-electron chi connectivity index (χ2n) is 6.12. The van der Waals surface area contributed by atoms with Crippen molar-refractivity contribution >= 4 is 56.5 Å². The fraction of sp³-hybridized carbons (Fsp3) is 0. The highest BCUT2D eigenvalue weighted by Crippen LogP contribution is 2.29. The van der Waals surface area contributed by atoms with Gasteiger partial charge in [-0.2, -0.15) is 0 Å². The largest absolute Gasteiger partial charge is 0.478 e. The Labute approximate surface area is 179 Å². The number of nitrogens with one attached hydrogen (secondary N) is 1. The van der Waals surface area contributed by atoms with Gasteiger partial charge >= 0.3 is 5.97 Å². The number of amidine groups is 1. The van der Waals surface area contributed by atoms with E-state index in [2.05, 4.69) is 26.2 Å². The third-order valence-electron chi connectivity index (χ3n) is 4.14. The molecule has 0 bridgehead atoms. The summed E-state index contributed by atoms with van der Waals surface area (Å²) < 4.78 is 2.79. The minimum atomic E-state index is -0.988. The van der Waals surface area contributed by atoms with Gasteiger partial charge in [0.25, 0.3) is 5.91 Å². The van der Waals surface area contributed by atoms with Gasteiger partial charge in [-0.15, -0.1) is 0 Å². The number of aromatic nitrogens is 1. The lowest BCUT2D eigenvalue weighted by Crippen LogP contribution is -2.19. The molecule has 2 heterocycles. The first-order valence-electron chi connectivity index (χ1n) is 8.56. The van der Waals surface area contributed by atoms with E-state index in [0.29, 0.717) is 15.8 Å². The maximum atomic E-state index is 12.4. The van der Waals surface area contributed by atoms with Gasteiger partial charge in [-0.05, 0) is 72.4 Å². The van der Waals surface area contributed by atoms with Crippen molar-refractivity contribution in [3.8, 4) is 5.69 Å². The second kappa shape index (κ2) is 8.10. The summed E-state index contributed by atoms with van der Waals surface area (Å²) in [4.78, 5) is 28.6. The van der Waals surface area contributed by atoms with E-state index in [4.69, 9.17) is 0 Å². The summed E-state index contributed by atoms with van der Waals surface area (Å²) in [6.07, 6.45) is 3.58. The molecule has 29 heavy (non-hydrogen) atoms. The van der Waals surface area contributed by atoms with Crippen LogP contribution in [0, 0.1) is 0 Å². The summed E-state index contributed by atoms with van der Waals surface area (Å²) in [6, 6.07) is 17.8. The van der Waals surface area contributed by atoms with Crippen molar-refractivity contribution in [1.29, 1.82) is 0 Å². The van der Waals surface area contributed by atoms with E-state index in [9.17, 15) is 14.7 Å². The average Bonchev–Trinajstić information content (AvgIpc) is 3.30. The minimum Gasteiger partial charge on any atom is -0.478 e. The quantitative estimate of drug-likeness (QED) is 0.538. The SMILES string of the molecule is O=C1NC(=Nc2ccc(Br)cc2)S/C1=C\c1cccn1-c1cccc(C(=O)O)c1. The Hall–Kier alpha value is -3.10. The van der Waals surface area contributed by atoms with Gasteiger partial charge in [0.1, 0.15) is 0 Å². The molecule has 6 nitrogen and oxygen atoms in total. The molecule has 0 aliphatic carbocycles. The summed E-state index contributed by atoms with van der Waals surface area (Å²) in [5, 5.41) is 12.5. The molecule has 2 aromatic carbocycles. The lowest BCUT2D eigenvalue weighted by Gasteiger charge is -2.07. The normalized spacial score (nSPS) is 16.4. The topological polar surface area (TPSA) is 83.7 Å². The Balaban J connectivity index is 1.62. The van der Waals surface area contributed by atoms with Crippen LogP contribution in [-0.2, 0) is 4.79 Å². The van der Waals surface area contributed by atoms with Crippen molar-refractivity contribution < 1.29 is 14.7 Å². The van der Waals surface area contributed by atoms with Crippen LogP contribution < -0.4 is 5.32 Å². The number of aliphatic imine (C=N–C) groups is 1. The molecule has 1 amide bonds. The predicted octanol–water partition coefficient (Wildman–Crippen LogP) is 4.83. The molecule has 8 heteroatoms. The van der Waals surface area contributed by atoms with E-state index in [-0.39, 0.29) is 11.5 Å². The average molecular weight is 468 g/mol. The number of carbonyl (C=O) groups excluding carboxylic acids is 1. The molecule has 0 spiro atoms. The third-order valence-corrected chi connectivity index (χ3v) is 5.58. The summed E-state index contributed by atoms with van der Waals surface area (Å²) >= 11 is 4.64. The number of hydrogen-bond donors (Lipinski definition) is 2. The van der Waals surface area contributed by atoms with E-state index in [1.54, 1.807) is 24.3 Å². The molecule has 0 radical (unpaired) electrons. The maximum Gasteiger partial charge on any atom is 0.335 e. The smallest absolute Gasteiger partial charge is 0.335 e. The number of carboxylic acids is 1. The number of hydrogen-bond acceptors (Lipinski definition) is 4. The van der Waals surface area contributed by atoms with Gasteiger partial charge in [-0.1, -0.05) is 22.0 Å². The first kappa shape index (κ1) is 19.2. The Morgan fingerprint density at radius 2 is 1.93 bits per heavy atom. The van der Waals surface area contributed by atoms with Crippen LogP contribution in [-0.4, -0.2) is 26.7 Å². The Morgan fingerprint density at radius 3 is 2.69 bits per heavy atom. The first-order chi connectivity index (χ1) is 14.0. The number of halogens is 1. The van der Waals surface area contributed by atoms with Crippen molar-refractivity contribution in [3.05, 3.63) is 87.5 Å². The highest BCUT2D eigenvalue weighted by atomic mass is 79.9. The zero-order valence-corrected chi connectivity index (χ0v) is 17.3. The number of carboxylic acid groups (broad SMARTS) is 1. The molecule has 144 valence electrons. The van der Waals surface area contributed by atoms with E-state index in [1.807, 2.05) is 53.2 Å². The van der Waals surface area contributed by atoms with Crippen LogP contribution in [0.2, 0.25) is 0 Å². The molecule has 1 aliphatic rings. The van der Waals surface area contributed by atoms with Crippen LogP contribution in [0.3, 0.4) is 0 Å². The van der Waals surface area contributed by atoms with Gasteiger partial charge in [0.15, 0.2) is 5.17 Å². The van der Waals surface area contributed by atoms with Gasteiger partial charge in [-0.3, -0.25) is 4.79 Å². The van der Waals surface area contributed by atoms with Crippen molar-refractivity contribution in [1.82, 2.24) is 9.88 Å². The molecule has 0 unspecified atom stereocenters. The fourth-order valence-corrected chi connectivity index (χ4v) is 3.87. The van der Waals surface area contributed by atoms with Crippen LogP contribution in [0.25, 0.3) is 11.8 Å². The monoisotopic (exact) mass is 467 g/mol. The molecule has 1 aromatic heterocycles. The summed E-state index contributed by atoms with van der Waals surface area (Å²) in [5.74, 6) is -1.21. The summed E-state index contributed by atoms with van der Waals surface area (Å²) in [6.45, 7) is 0. The summed E-state index contributed by atoms with van der Waals surface area (Å²) in [5.41, 5.74) is 2.40. The van der Waals surface area contributed by atoms with Gasteiger partial charge in [0.2, 0.25) is 0 Å². The fourth-order valence-electron chi connectivity index (χ4n) is 2.78. The van der Waals surface area contributed by atoms with Crippen LogP contribution in [0.5, 0.6) is 0 Å². The summed E-state index contributed by atoms with van der Waals surface area (Å²) in [7, 11) is 0. The molecule has 4 rings (SSSR count). The van der Waals surface area contributed by atoms with Crippen LogP contribution in [0.1, 0.15) is 16.1 Å². The molecular formula is C21H14BrN3O3S. The lowest BCUT2D eigenvalue weighted by molar-refractivity contribution is -0.115. The molecule has 2 N–H and O–H groups in total. The lowest BCUT2D eigenvalue weighted by atomic mass is 10.2. The molecule has 3 aromatic rings. The number of thioether (sulfide) groups is 1. The Kier molecular flexibility index (Phi) is 5.37. The molecule has 1 aliphatic heterocycles. The Morgan fingerprint density at radius 1 is 1.14 bits per heavy atom. The van der Waals surface area contributed by atoms with Gasteiger partial charge in [0.05, 0.1) is 16.2 Å². The zero-order valence-electron chi connectivity index (χ0n) is 14.9. The zero-order chi connectivity index (χ0) is 20.4. The molecule has 0 atom stereocenters. The maximum absolute atomic E-state index is 12.4. The van der Waals surface area contributed by atoms with Crippen LogP contribution in [0.15, 0.2) is 81.2 Å². The van der Waals surface area contributed by atoms with Crippen molar-refractivity contribution in [2.24, 2.45) is 4.99 Å². The molecule has 0 saturated carbocycles. The minimum absolute atomic E-state index is 0.201. The molecular weight excluding hydrogens is 454 g/mol. The second-order valence-corrected chi connectivity index (χ2v) is 8.06. The van der Waals surface area contributed by atoms with E-state index >= 15 is 0 Å². The number of rotatable bonds is 4. The van der Waals surface area contributed by atoms with E-state index < -0.39 is 5.97 Å². The van der Waals surface area contributed by atoms with Crippen molar-refractivity contribution in [3.63, 3.8) is 0 Å². The van der Waals surface area contributed by atoms with Crippen molar-refractivity contribution in [2.75, 3.05) is 0 Å². The van der Waals surface area contributed by atoms with Gasteiger partial charge in [-0.25, -0.2) is 9.79 Å². The van der Waals surface area contributed by atoms with E-state index in [1.165, 1.54) is 11.8 Å². The van der Waals surface area contributed by atoms with Crippen LogP contribution >= 0.6 is 27.7 Å². The number of amides is 1. The van der Waals surface area contributed by atoms with Gasteiger partial charge in [0, 0.05) is 22.1 Å². The number of aromatic carboxylic acids is 1. The highest BCUT2D eigenvalue weighted by molar-refractivity contribution is 9.10. The standard InChI is InChI=1S/C21H14BrN3O3S/c22-14-6-8-15(9-7-14)23-21-24-19(26)18(29-21)12-17-5-2-10-25(17)16-4-1-3-13(11-16)20(27)28/h1-12H,(H,27,28)(H,23,24,26)/b18-12-. The molecule has 1 fully saturated rings. The Bertz CT molecular complexity index is 1170. The number of nitrogens with zero attached hydrogens (tertiary/aromatic N) is 2. The highest BCUT2D eigenvalue weighted by Gasteiger charge is 2.24. The molecule has 1 saturated heterocycles. The number of benzene rings is 2. The van der Waals surface area contributed by atoms with Crippen molar-refractivity contribution in [2.45, 2.75) is 0 Å². The number of carbonyl (C=O) groups is 2. The third kappa shape index (κ3) is 4.33.